The fourth-order valence-corrected chi connectivity index (χ4v) is 3.05. The maximum Gasteiger partial charge on any atom is 0.161 e. The minimum atomic E-state index is 0.198. The summed E-state index contributed by atoms with van der Waals surface area (Å²) in [4.78, 5) is 4.53. The lowest BCUT2D eigenvalue weighted by Gasteiger charge is -2.20. The second-order valence-corrected chi connectivity index (χ2v) is 5.94. The summed E-state index contributed by atoms with van der Waals surface area (Å²) >= 11 is 1.69. The first kappa shape index (κ1) is 15.8. The molecule has 2 unspecified atom stereocenters. The van der Waals surface area contributed by atoms with Gasteiger partial charge in [-0.15, -0.1) is 11.3 Å². The molecule has 2 aromatic rings. The zero-order chi connectivity index (χ0) is 15.4. The number of benzene rings is 1. The van der Waals surface area contributed by atoms with Gasteiger partial charge in [0.25, 0.3) is 0 Å². The minimum absolute atomic E-state index is 0.198. The van der Waals surface area contributed by atoms with Crippen LogP contribution in [0.1, 0.15) is 42.2 Å². The van der Waals surface area contributed by atoms with Crippen LogP contribution < -0.4 is 14.8 Å². The van der Waals surface area contributed by atoms with E-state index in [1.165, 1.54) is 0 Å². The van der Waals surface area contributed by atoms with Crippen LogP contribution in [0.4, 0.5) is 0 Å². The number of aromatic nitrogens is 1. The molecule has 1 heterocycles. The average molecular weight is 306 g/mol. The van der Waals surface area contributed by atoms with Crippen molar-refractivity contribution in [3.8, 4) is 11.5 Å². The van der Waals surface area contributed by atoms with Crippen molar-refractivity contribution in [2.24, 2.45) is 0 Å². The average Bonchev–Trinajstić information content (AvgIpc) is 2.93. The van der Waals surface area contributed by atoms with Crippen molar-refractivity contribution < 1.29 is 9.47 Å². The maximum absolute atomic E-state index is 5.36. The highest BCUT2D eigenvalue weighted by Crippen LogP contribution is 2.31. The summed E-state index contributed by atoms with van der Waals surface area (Å²) < 4.78 is 10.6. The summed E-state index contributed by atoms with van der Waals surface area (Å²) in [6, 6.07) is 6.41. The summed E-state index contributed by atoms with van der Waals surface area (Å²) in [5.41, 5.74) is 2.23. The van der Waals surface area contributed by atoms with Crippen molar-refractivity contribution in [1.29, 1.82) is 0 Å². The Kier molecular flexibility index (Phi) is 5.20. The summed E-state index contributed by atoms with van der Waals surface area (Å²) in [6.45, 7) is 6.29. The van der Waals surface area contributed by atoms with Crippen LogP contribution in [0, 0.1) is 6.92 Å². The SMILES string of the molecule is COc1ccc(C(C)NC(C)c2nc(C)cs2)cc1OC. The van der Waals surface area contributed by atoms with Gasteiger partial charge in [0, 0.05) is 17.1 Å². The summed E-state index contributed by atoms with van der Waals surface area (Å²) in [5.74, 6) is 1.50. The number of methoxy groups -OCH3 is 2. The van der Waals surface area contributed by atoms with Gasteiger partial charge in [0.1, 0.15) is 5.01 Å². The molecule has 21 heavy (non-hydrogen) atoms. The normalized spacial score (nSPS) is 13.8. The molecule has 0 aliphatic rings. The van der Waals surface area contributed by atoms with E-state index in [1.54, 1.807) is 25.6 Å². The molecule has 0 bridgehead atoms. The number of rotatable bonds is 6. The van der Waals surface area contributed by atoms with E-state index in [-0.39, 0.29) is 12.1 Å². The number of nitrogens with one attached hydrogen (secondary N) is 1. The van der Waals surface area contributed by atoms with Gasteiger partial charge in [-0.05, 0) is 38.5 Å². The van der Waals surface area contributed by atoms with Crippen LogP contribution >= 0.6 is 11.3 Å². The van der Waals surface area contributed by atoms with Crippen molar-refractivity contribution in [1.82, 2.24) is 10.3 Å². The largest absolute Gasteiger partial charge is 0.493 e. The van der Waals surface area contributed by atoms with E-state index in [2.05, 4.69) is 35.6 Å². The van der Waals surface area contributed by atoms with Gasteiger partial charge >= 0.3 is 0 Å². The molecule has 0 saturated heterocycles. The topological polar surface area (TPSA) is 43.4 Å². The van der Waals surface area contributed by atoms with Crippen molar-refractivity contribution in [2.75, 3.05) is 14.2 Å². The predicted octanol–water partition coefficient (Wildman–Crippen LogP) is 3.88. The first-order valence-corrected chi connectivity index (χ1v) is 7.83. The highest BCUT2D eigenvalue weighted by molar-refractivity contribution is 7.09. The number of nitrogens with zero attached hydrogens (tertiary/aromatic N) is 1. The molecule has 4 nitrogen and oxygen atoms in total. The second kappa shape index (κ2) is 6.91. The van der Waals surface area contributed by atoms with Crippen molar-refractivity contribution in [3.05, 3.63) is 39.8 Å². The van der Waals surface area contributed by atoms with Crippen LogP contribution in [0.3, 0.4) is 0 Å². The minimum Gasteiger partial charge on any atom is -0.493 e. The van der Waals surface area contributed by atoms with Crippen LogP contribution in [0.5, 0.6) is 11.5 Å². The quantitative estimate of drug-likeness (QED) is 0.879. The molecule has 1 aromatic carbocycles. The molecule has 114 valence electrons. The summed E-state index contributed by atoms with van der Waals surface area (Å²) in [6.07, 6.45) is 0. The molecule has 1 aromatic heterocycles. The van der Waals surface area contributed by atoms with Gasteiger partial charge < -0.3 is 14.8 Å². The van der Waals surface area contributed by atoms with Crippen LogP contribution in [-0.4, -0.2) is 19.2 Å². The van der Waals surface area contributed by atoms with Gasteiger partial charge in [0.15, 0.2) is 11.5 Å². The molecule has 5 heteroatoms. The fraction of sp³-hybridized carbons (Fsp3) is 0.438. The molecule has 0 aliphatic heterocycles. The third kappa shape index (κ3) is 3.74. The molecule has 0 saturated carbocycles. The van der Waals surface area contributed by atoms with E-state index in [1.807, 2.05) is 19.1 Å². The number of hydrogen-bond donors (Lipinski definition) is 1. The second-order valence-electron chi connectivity index (χ2n) is 5.05. The Morgan fingerprint density at radius 2 is 1.81 bits per heavy atom. The first-order chi connectivity index (χ1) is 10.0. The Balaban J connectivity index is 2.11. The predicted molar refractivity (Wildman–Crippen MR) is 86.4 cm³/mol. The first-order valence-electron chi connectivity index (χ1n) is 6.95. The highest BCUT2D eigenvalue weighted by atomic mass is 32.1. The van der Waals surface area contributed by atoms with E-state index >= 15 is 0 Å². The molecule has 2 rings (SSSR count). The van der Waals surface area contributed by atoms with Gasteiger partial charge in [0.2, 0.25) is 0 Å². The third-order valence-corrected chi connectivity index (χ3v) is 4.56. The molecule has 0 spiro atoms. The zero-order valence-corrected chi connectivity index (χ0v) is 14.0. The zero-order valence-electron chi connectivity index (χ0n) is 13.1. The van der Waals surface area contributed by atoms with E-state index in [9.17, 15) is 0 Å². The van der Waals surface area contributed by atoms with Crippen LogP contribution in [-0.2, 0) is 0 Å². The van der Waals surface area contributed by atoms with Crippen LogP contribution in [0.15, 0.2) is 23.6 Å². The molecule has 0 radical (unpaired) electrons. The van der Waals surface area contributed by atoms with Gasteiger partial charge in [-0.2, -0.15) is 0 Å². The van der Waals surface area contributed by atoms with E-state index in [0.717, 1.165) is 27.8 Å². The Morgan fingerprint density at radius 1 is 1.10 bits per heavy atom. The van der Waals surface area contributed by atoms with Crippen LogP contribution in [0.2, 0.25) is 0 Å². The lowest BCUT2D eigenvalue weighted by molar-refractivity contribution is 0.353. The van der Waals surface area contributed by atoms with Crippen molar-refractivity contribution >= 4 is 11.3 Å². The van der Waals surface area contributed by atoms with Crippen molar-refractivity contribution in [2.45, 2.75) is 32.9 Å². The number of ether oxygens (including phenoxy) is 2. The summed E-state index contributed by atoms with van der Waals surface area (Å²) in [7, 11) is 3.30. The fourth-order valence-electron chi connectivity index (χ4n) is 2.24. The number of hydrogen-bond acceptors (Lipinski definition) is 5. The molecular weight excluding hydrogens is 284 g/mol. The summed E-state index contributed by atoms with van der Waals surface area (Å²) in [5, 5.41) is 6.75. The lowest BCUT2D eigenvalue weighted by atomic mass is 10.1. The smallest absolute Gasteiger partial charge is 0.161 e. The molecular formula is C16H22N2O2S. The van der Waals surface area contributed by atoms with Crippen LogP contribution in [0.25, 0.3) is 0 Å². The Labute approximate surface area is 130 Å². The van der Waals surface area contributed by atoms with Gasteiger partial charge in [-0.25, -0.2) is 4.98 Å². The molecule has 0 amide bonds. The Bertz CT molecular complexity index is 598. The van der Waals surface area contributed by atoms with Gasteiger partial charge in [0.05, 0.1) is 20.3 Å². The lowest BCUT2D eigenvalue weighted by Crippen LogP contribution is -2.22. The van der Waals surface area contributed by atoms with E-state index < -0.39 is 0 Å². The Morgan fingerprint density at radius 3 is 2.38 bits per heavy atom. The van der Waals surface area contributed by atoms with Crippen molar-refractivity contribution in [3.63, 3.8) is 0 Å². The standard InChI is InChI=1S/C16H22N2O2S/c1-10-9-21-16(17-10)12(3)18-11(2)13-6-7-14(19-4)15(8-13)20-5/h6-9,11-12,18H,1-5H3. The molecule has 2 atom stereocenters. The van der Waals surface area contributed by atoms with Gasteiger partial charge in [-0.3, -0.25) is 0 Å². The maximum atomic E-state index is 5.36. The molecule has 0 aliphatic carbocycles. The molecule has 1 N–H and O–H groups in total. The monoisotopic (exact) mass is 306 g/mol. The van der Waals surface area contributed by atoms with E-state index in [4.69, 9.17) is 9.47 Å². The highest BCUT2D eigenvalue weighted by Gasteiger charge is 2.15. The van der Waals surface area contributed by atoms with E-state index in [0.29, 0.717) is 0 Å². The molecule has 0 fully saturated rings. The third-order valence-electron chi connectivity index (χ3n) is 3.41. The number of aryl methyl sites for hydroxylation is 1. The Hall–Kier alpha value is -1.59. The number of thiazole rings is 1. The van der Waals surface area contributed by atoms with Gasteiger partial charge in [-0.1, -0.05) is 6.07 Å².